The zero-order valence-corrected chi connectivity index (χ0v) is 11.7. The average molecular weight is 279 g/mol. The molecule has 0 bridgehead atoms. The minimum absolute atomic E-state index is 0.0204. The summed E-state index contributed by atoms with van der Waals surface area (Å²) in [7, 11) is 1.73. The van der Waals surface area contributed by atoms with Gasteiger partial charge in [0.1, 0.15) is 12.4 Å². The van der Waals surface area contributed by atoms with E-state index in [0.29, 0.717) is 32.4 Å². The summed E-state index contributed by atoms with van der Waals surface area (Å²) in [6, 6.07) is 9.44. The lowest BCUT2D eigenvalue weighted by atomic mass is 10.2. The van der Waals surface area contributed by atoms with Gasteiger partial charge in [-0.1, -0.05) is 18.2 Å². The van der Waals surface area contributed by atoms with Crippen LogP contribution in [0.1, 0.15) is 25.7 Å². The van der Waals surface area contributed by atoms with E-state index in [-0.39, 0.29) is 12.3 Å². The highest BCUT2D eigenvalue weighted by Gasteiger charge is 2.08. The topological polar surface area (TPSA) is 66.8 Å². The van der Waals surface area contributed by atoms with Crippen LogP contribution in [-0.2, 0) is 9.59 Å². The molecule has 1 aromatic rings. The molecule has 5 heteroatoms. The van der Waals surface area contributed by atoms with E-state index in [1.165, 1.54) is 0 Å². The van der Waals surface area contributed by atoms with Crippen LogP contribution in [0.15, 0.2) is 30.3 Å². The highest BCUT2D eigenvalue weighted by molar-refractivity contribution is 5.75. The third-order valence-corrected chi connectivity index (χ3v) is 2.90. The Labute approximate surface area is 119 Å². The van der Waals surface area contributed by atoms with Crippen LogP contribution in [-0.4, -0.2) is 42.1 Å². The maximum absolute atomic E-state index is 11.8. The van der Waals surface area contributed by atoms with E-state index in [1.807, 2.05) is 30.3 Å². The third kappa shape index (κ3) is 6.78. The van der Waals surface area contributed by atoms with Gasteiger partial charge in [-0.15, -0.1) is 0 Å². The number of benzene rings is 1. The van der Waals surface area contributed by atoms with E-state index in [9.17, 15) is 9.59 Å². The Kier molecular flexibility index (Phi) is 7.17. The van der Waals surface area contributed by atoms with E-state index in [4.69, 9.17) is 9.84 Å². The van der Waals surface area contributed by atoms with Gasteiger partial charge in [0, 0.05) is 19.9 Å². The van der Waals surface area contributed by atoms with Crippen LogP contribution in [0.4, 0.5) is 0 Å². The Morgan fingerprint density at radius 2 is 1.80 bits per heavy atom. The number of nitrogens with zero attached hydrogens (tertiary/aromatic N) is 1. The van der Waals surface area contributed by atoms with E-state index in [2.05, 4.69) is 0 Å². The minimum Gasteiger partial charge on any atom is -0.492 e. The number of carboxylic acids is 1. The number of carbonyl (C=O) groups is 2. The molecule has 110 valence electrons. The monoisotopic (exact) mass is 279 g/mol. The molecule has 1 amide bonds. The maximum Gasteiger partial charge on any atom is 0.303 e. The number of para-hydroxylation sites is 1. The summed E-state index contributed by atoms with van der Waals surface area (Å²) >= 11 is 0. The fourth-order valence-corrected chi connectivity index (χ4v) is 1.69. The van der Waals surface area contributed by atoms with Crippen molar-refractivity contribution in [3.05, 3.63) is 30.3 Å². The summed E-state index contributed by atoms with van der Waals surface area (Å²) in [5.41, 5.74) is 0. The number of rotatable bonds is 9. The second-order valence-electron chi connectivity index (χ2n) is 4.58. The van der Waals surface area contributed by atoms with Crippen molar-refractivity contribution in [2.75, 3.05) is 20.2 Å². The lowest BCUT2D eigenvalue weighted by molar-refractivity contribution is -0.137. The normalized spacial score (nSPS) is 10.1. The molecule has 1 rings (SSSR count). The van der Waals surface area contributed by atoms with Crippen LogP contribution < -0.4 is 4.74 Å². The highest BCUT2D eigenvalue weighted by atomic mass is 16.5. The second-order valence-corrected chi connectivity index (χ2v) is 4.58. The number of ether oxygens (including phenoxy) is 1. The molecule has 0 unspecified atom stereocenters. The number of aliphatic carboxylic acids is 1. The van der Waals surface area contributed by atoms with Gasteiger partial charge in [0.05, 0.1) is 6.54 Å². The molecule has 0 aliphatic heterocycles. The lowest BCUT2D eigenvalue weighted by Crippen LogP contribution is -2.30. The first-order valence-electron chi connectivity index (χ1n) is 6.73. The van der Waals surface area contributed by atoms with Gasteiger partial charge in [-0.25, -0.2) is 0 Å². The Bertz CT molecular complexity index is 419. The molecular weight excluding hydrogens is 258 g/mol. The fourth-order valence-electron chi connectivity index (χ4n) is 1.69. The van der Waals surface area contributed by atoms with Gasteiger partial charge in [0.25, 0.3) is 0 Å². The molecule has 5 nitrogen and oxygen atoms in total. The molecule has 20 heavy (non-hydrogen) atoms. The zero-order chi connectivity index (χ0) is 14.8. The quantitative estimate of drug-likeness (QED) is 0.703. The first kappa shape index (κ1) is 16.0. The van der Waals surface area contributed by atoms with Gasteiger partial charge in [-0.2, -0.15) is 0 Å². The van der Waals surface area contributed by atoms with Gasteiger partial charge < -0.3 is 14.7 Å². The predicted octanol–water partition coefficient (Wildman–Crippen LogP) is 2.17. The van der Waals surface area contributed by atoms with Gasteiger partial charge >= 0.3 is 5.97 Å². The highest BCUT2D eigenvalue weighted by Crippen LogP contribution is 2.08. The number of hydrogen-bond acceptors (Lipinski definition) is 3. The third-order valence-electron chi connectivity index (χ3n) is 2.90. The molecule has 0 saturated heterocycles. The van der Waals surface area contributed by atoms with E-state index in [0.717, 1.165) is 5.75 Å². The van der Waals surface area contributed by atoms with Crippen molar-refractivity contribution in [2.45, 2.75) is 25.7 Å². The first-order chi connectivity index (χ1) is 9.59. The van der Waals surface area contributed by atoms with Crippen LogP contribution in [0.5, 0.6) is 5.75 Å². The molecule has 0 aliphatic carbocycles. The van der Waals surface area contributed by atoms with E-state index in [1.54, 1.807) is 11.9 Å². The average Bonchev–Trinajstić information content (AvgIpc) is 2.44. The Balaban J connectivity index is 2.13. The first-order valence-corrected chi connectivity index (χ1v) is 6.73. The SMILES string of the molecule is CN(CCOc1ccccc1)C(=O)CCCCC(=O)O. The van der Waals surface area contributed by atoms with Crippen LogP contribution in [0.25, 0.3) is 0 Å². The van der Waals surface area contributed by atoms with Crippen molar-refractivity contribution >= 4 is 11.9 Å². The molecule has 0 fully saturated rings. The number of carboxylic acid groups (broad SMARTS) is 1. The molecule has 0 heterocycles. The molecular formula is C15H21NO4. The van der Waals surface area contributed by atoms with Gasteiger partial charge in [-0.05, 0) is 25.0 Å². The number of hydrogen-bond donors (Lipinski definition) is 1. The Morgan fingerprint density at radius 1 is 1.15 bits per heavy atom. The summed E-state index contributed by atoms with van der Waals surface area (Å²) in [5.74, 6) is -0.0103. The predicted molar refractivity (Wildman–Crippen MR) is 75.7 cm³/mol. The summed E-state index contributed by atoms with van der Waals surface area (Å²) in [6.07, 6.45) is 1.65. The summed E-state index contributed by atoms with van der Waals surface area (Å²) in [4.78, 5) is 23.7. The molecule has 1 aromatic carbocycles. The van der Waals surface area contributed by atoms with Crippen molar-refractivity contribution in [3.63, 3.8) is 0 Å². The summed E-state index contributed by atoms with van der Waals surface area (Å²) < 4.78 is 5.51. The van der Waals surface area contributed by atoms with Gasteiger partial charge in [0.2, 0.25) is 5.91 Å². The number of carbonyl (C=O) groups excluding carboxylic acids is 1. The van der Waals surface area contributed by atoms with Crippen molar-refractivity contribution in [1.82, 2.24) is 4.90 Å². The van der Waals surface area contributed by atoms with Crippen LogP contribution >= 0.6 is 0 Å². The zero-order valence-electron chi connectivity index (χ0n) is 11.7. The van der Waals surface area contributed by atoms with Crippen molar-refractivity contribution < 1.29 is 19.4 Å². The van der Waals surface area contributed by atoms with Crippen molar-refractivity contribution in [1.29, 1.82) is 0 Å². The van der Waals surface area contributed by atoms with Crippen LogP contribution in [0.3, 0.4) is 0 Å². The molecule has 0 atom stereocenters. The molecule has 1 N–H and O–H groups in total. The Hall–Kier alpha value is -2.04. The number of likely N-dealkylation sites (N-methyl/N-ethyl adjacent to an activating group) is 1. The van der Waals surface area contributed by atoms with Crippen LogP contribution in [0, 0.1) is 0 Å². The maximum atomic E-state index is 11.8. The molecule has 0 saturated carbocycles. The van der Waals surface area contributed by atoms with Crippen molar-refractivity contribution in [3.8, 4) is 5.75 Å². The molecule has 0 spiro atoms. The molecule has 0 aromatic heterocycles. The summed E-state index contributed by atoms with van der Waals surface area (Å²) in [6.45, 7) is 0.966. The number of amides is 1. The van der Waals surface area contributed by atoms with Crippen molar-refractivity contribution in [2.24, 2.45) is 0 Å². The van der Waals surface area contributed by atoms with E-state index < -0.39 is 5.97 Å². The Morgan fingerprint density at radius 3 is 2.45 bits per heavy atom. The fraction of sp³-hybridized carbons (Fsp3) is 0.467. The standard InChI is InChI=1S/C15H21NO4/c1-16(14(17)9-5-6-10-15(18)19)11-12-20-13-7-3-2-4-8-13/h2-4,7-8H,5-6,9-12H2,1H3,(H,18,19). The minimum atomic E-state index is -0.818. The lowest BCUT2D eigenvalue weighted by Gasteiger charge is -2.17. The largest absolute Gasteiger partial charge is 0.492 e. The van der Waals surface area contributed by atoms with Gasteiger partial charge in [0.15, 0.2) is 0 Å². The number of unbranched alkanes of at least 4 members (excludes halogenated alkanes) is 1. The van der Waals surface area contributed by atoms with Gasteiger partial charge in [-0.3, -0.25) is 9.59 Å². The summed E-state index contributed by atoms with van der Waals surface area (Å²) in [5, 5.41) is 8.50. The molecule has 0 radical (unpaired) electrons. The second kappa shape index (κ2) is 8.96. The van der Waals surface area contributed by atoms with Crippen LogP contribution in [0.2, 0.25) is 0 Å². The smallest absolute Gasteiger partial charge is 0.303 e. The van der Waals surface area contributed by atoms with E-state index >= 15 is 0 Å². The molecule has 0 aliphatic rings.